The van der Waals surface area contributed by atoms with Crippen LogP contribution in [0, 0.1) is 19.8 Å². The number of rotatable bonds is 4. The van der Waals surface area contributed by atoms with Gasteiger partial charge < -0.3 is 4.74 Å². The molecule has 1 saturated heterocycles. The van der Waals surface area contributed by atoms with Gasteiger partial charge in [-0.2, -0.15) is 5.10 Å². The summed E-state index contributed by atoms with van der Waals surface area (Å²) in [4.78, 5) is 27.6. The van der Waals surface area contributed by atoms with Crippen LogP contribution in [-0.4, -0.2) is 37.9 Å². The van der Waals surface area contributed by atoms with Gasteiger partial charge in [-0.25, -0.2) is 4.68 Å². The summed E-state index contributed by atoms with van der Waals surface area (Å²) in [5, 5.41) is 4.44. The lowest BCUT2D eigenvalue weighted by atomic mass is 10.0. The Labute approximate surface area is 169 Å². The van der Waals surface area contributed by atoms with E-state index >= 15 is 0 Å². The van der Waals surface area contributed by atoms with Gasteiger partial charge in [-0.3, -0.25) is 19.1 Å². The van der Waals surface area contributed by atoms with Crippen LogP contribution in [-0.2, 0) is 31.0 Å². The van der Waals surface area contributed by atoms with E-state index in [-0.39, 0.29) is 6.61 Å². The minimum Gasteiger partial charge on any atom is -0.364 e. The van der Waals surface area contributed by atoms with Crippen molar-refractivity contribution in [3.8, 4) is 0 Å². The molecule has 1 saturated carbocycles. The Morgan fingerprint density at radius 2 is 1.86 bits per heavy atom. The highest BCUT2D eigenvalue weighted by atomic mass is 16.5. The largest absolute Gasteiger partial charge is 0.364 e. The molecule has 1 aliphatic carbocycles. The maximum atomic E-state index is 12.7. The lowest BCUT2D eigenvalue weighted by molar-refractivity contribution is -0.0859. The molecule has 1 spiro atoms. The summed E-state index contributed by atoms with van der Waals surface area (Å²) in [7, 11) is 0. The van der Waals surface area contributed by atoms with Crippen molar-refractivity contribution in [1.82, 2.24) is 19.2 Å². The van der Waals surface area contributed by atoms with Crippen molar-refractivity contribution in [2.24, 2.45) is 5.92 Å². The van der Waals surface area contributed by atoms with E-state index in [9.17, 15) is 9.59 Å². The number of benzene rings is 1. The van der Waals surface area contributed by atoms with E-state index in [1.807, 2.05) is 0 Å². The van der Waals surface area contributed by atoms with Crippen LogP contribution in [0.5, 0.6) is 0 Å². The van der Waals surface area contributed by atoms with Gasteiger partial charge in [0.05, 0.1) is 6.54 Å². The van der Waals surface area contributed by atoms with E-state index in [4.69, 9.17) is 4.74 Å². The van der Waals surface area contributed by atoms with Gasteiger partial charge in [0, 0.05) is 26.2 Å². The van der Waals surface area contributed by atoms with E-state index in [1.54, 1.807) is 4.57 Å². The Bertz CT molecular complexity index is 1050. The van der Waals surface area contributed by atoms with Crippen molar-refractivity contribution < 1.29 is 4.74 Å². The molecule has 1 atom stereocenters. The van der Waals surface area contributed by atoms with Gasteiger partial charge in [-0.15, -0.1) is 0 Å². The molecular weight excluding hydrogens is 368 g/mol. The first-order valence-corrected chi connectivity index (χ1v) is 10.6. The SMILES string of the molecule is Cc1cc(C)cc(CN2CC[C@]3(C2)Cn2c(nn(CC4CC4)c(=O)c2=O)CO3)c1. The van der Waals surface area contributed by atoms with Crippen molar-refractivity contribution in [3.63, 3.8) is 0 Å². The first-order valence-electron chi connectivity index (χ1n) is 10.6. The zero-order valence-corrected chi connectivity index (χ0v) is 17.2. The first kappa shape index (κ1) is 18.8. The molecule has 0 radical (unpaired) electrons. The van der Waals surface area contributed by atoms with Crippen molar-refractivity contribution in [3.05, 3.63) is 61.4 Å². The fourth-order valence-corrected chi connectivity index (χ4v) is 4.80. The molecular formula is C22H28N4O3. The van der Waals surface area contributed by atoms with E-state index in [0.29, 0.717) is 24.8 Å². The summed E-state index contributed by atoms with van der Waals surface area (Å²) in [5.74, 6) is 1.07. The average Bonchev–Trinajstić information content (AvgIpc) is 3.41. The highest BCUT2D eigenvalue weighted by Gasteiger charge is 2.43. The molecule has 0 amide bonds. The fourth-order valence-electron chi connectivity index (χ4n) is 4.80. The summed E-state index contributed by atoms with van der Waals surface area (Å²) >= 11 is 0. The second-order valence-electron chi connectivity index (χ2n) is 9.17. The smallest absolute Gasteiger partial charge is 0.332 e. The normalized spacial score (nSPS) is 24.2. The van der Waals surface area contributed by atoms with Gasteiger partial charge in [0.1, 0.15) is 12.2 Å². The zero-order chi connectivity index (χ0) is 20.2. The Kier molecular flexibility index (Phi) is 4.47. The Morgan fingerprint density at radius 3 is 2.59 bits per heavy atom. The molecule has 5 rings (SSSR count). The number of nitrogens with zero attached hydrogens (tertiary/aromatic N) is 4. The third kappa shape index (κ3) is 3.69. The number of hydrogen-bond acceptors (Lipinski definition) is 5. The van der Waals surface area contributed by atoms with Crippen LogP contribution in [0.3, 0.4) is 0 Å². The van der Waals surface area contributed by atoms with Gasteiger partial charge in [-0.1, -0.05) is 29.3 Å². The van der Waals surface area contributed by atoms with Gasteiger partial charge >= 0.3 is 11.1 Å². The quantitative estimate of drug-likeness (QED) is 0.735. The van der Waals surface area contributed by atoms with Crippen LogP contribution in [0.4, 0.5) is 0 Å². The maximum Gasteiger partial charge on any atom is 0.332 e. The number of aromatic nitrogens is 3. The molecule has 1 aromatic carbocycles. The molecule has 2 aliphatic heterocycles. The molecule has 7 heteroatoms. The second-order valence-corrected chi connectivity index (χ2v) is 9.17. The van der Waals surface area contributed by atoms with E-state index in [2.05, 4.69) is 42.0 Å². The molecule has 154 valence electrons. The molecule has 3 aliphatic rings. The third-order valence-corrected chi connectivity index (χ3v) is 6.38. The highest BCUT2D eigenvalue weighted by molar-refractivity contribution is 5.28. The minimum atomic E-state index is -0.497. The number of hydrogen-bond donors (Lipinski definition) is 0. The molecule has 2 aromatic rings. The lowest BCUT2D eigenvalue weighted by Gasteiger charge is -2.35. The van der Waals surface area contributed by atoms with Crippen LogP contribution in [0.1, 0.15) is 41.8 Å². The van der Waals surface area contributed by atoms with Crippen LogP contribution in [0.2, 0.25) is 0 Å². The molecule has 0 N–H and O–H groups in total. The molecule has 29 heavy (non-hydrogen) atoms. The van der Waals surface area contributed by atoms with Crippen molar-refractivity contribution in [2.75, 3.05) is 13.1 Å². The predicted octanol–water partition coefficient (Wildman–Crippen LogP) is 1.61. The lowest BCUT2D eigenvalue weighted by Crippen LogP contribution is -2.53. The molecule has 7 nitrogen and oxygen atoms in total. The average molecular weight is 396 g/mol. The summed E-state index contributed by atoms with van der Waals surface area (Å²) in [6.45, 7) is 8.05. The molecule has 2 fully saturated rings. The van der Waals surface area contributed by atoms with Crippen molar-refractivity contribution >= 4 is 0 Å². The number of likely N-dealkylation sites (tertiary alicyclic amines) is 1. The predicted molar refractivity (Wildman–Crippen MR) is 109 cm³/mol. The van der Waals surface area contributed by atoms with Crippen LogP contribution in [0.25, 0.3) is 0 Å². The van der Waals surface area contributed by atoms with Crippen molar-refractivity contribution in [2.45, 2.75) is 65.0 Å². The van der Waals surface area contributed by atoms with Gasteiger partial charge in [0.25, 0.3) is 0 Å². The minimum absolute atomic E-state index is 0.289. The summed E-state index contributed by atoms with van der Waals surface area (Å²) < 4.78 is 9.18. The van der Waals surface area contributed by atoms with Gasteiger partial charge in [-0.05, 0) is 44.6 Å². The number of aryl methyl sites for hydroxylation is 2. The van der Waals surface area contributed by atoms with E-state index < -0.39 is 16.7 Å². The van der Waals surface area contributed by atoms with Crippen LogP contribution >= 0.6 is 0 Å². The standard InChI is InChI=1S/C22H28N4O3/c1-15-7-16(2)9-18(8-15)10-24-6-5-22(13-24)14-25-19(12-29-22)23-26(11-17-3-4-17)21(28)20(25)27/h7-9,17H,3-6,10-14H2,1-2H3/t22-/m0/s1. The van der Waals surface area contributed by atoms with Crippen molar-refractivity contribution in [1.29, 1.82) is 0 Å². The molecule has 0 bridgehead atoms. The highest BCUT2D eigenvalue weighted by Crippen LogP contribution is 2.32. The maximum absolute atomic E-state index is 12.7. The topological polar surface area (TPSA) is 69.4 Å². The third-order valence-electron chi connectivity index (χ3n) is 6.38. The number of ether oxygens (including phenoxy) is 1. The summed E-state index contributed by atoms with van der Waals surface area (Å²) in [5.41, 5.74) is 2.49. The second kappa shape index (κ2) is 6.92. The van der Waals surface area contributed by atoms with Gasteiger partial charge in [0.15, 0.2) is 5.82 Å². The Balaban J connectivity index is 1.34. The number of fused-ring (bicyclic) bond motifs is 1. The summed E-state index contributed by atoms with van der Waals surface area (Å²) in [6.07, 6.45) is 3.08. The van der Waals surface area contributed by atoms with Crippen LogP contribution < -0.4 is 11.1 Å². The van der Waals surface area contributed by atoms with Crippen LogP contribution in [0.15, 0.2) is 27.8 Å². The zero-order valence-electron chi connectivity index (χ0n) is 17.2. The monoisotopic (exact) mass is 396 g/mol. The van der Waals surface area contributed by atoms with Gasteiger partial charge in [0.2, 0.25) is 0 Å². The molecule has 0 unspecified atom stereocenters. The Morgan fingerprint density at radius 1 is 1.10 bits per heavy atom. The van der Waals surface area contributed by atoms with E-state index in [0.717, 1.165) is 38.9 Å². The Hall–Kier alpha value is -2.25. The molecule has 3 heterocycles. The summed E-state index contributed by atoms with van der Waals surface area (Å²) in [6, 6.07) is 6.64. The first-order chi connectivity index (χ1) is 13.9. The molecule has 1 aromatic heterocycles. The van der Waals surface area contributed by atoms with E-state index in [1.165, 1.54) is 21.4 Å². The fraction of sp³-hybridized carbons (Fsp3) is 0.591.